The summed E-state index contributed by atoms with van der Waals surface area (Å²) in [7, 11) is 0. The van der Waals surface area contributed by atoms with E-state index in [1.807, 2.05) is 13.0 Å². The summed E-state index contributed by atoms with van der Waals surface area (Å²) in [5.41, 5.74) is 1.48. The molecular weight excluding hydrogens is 155 g/mol. The molecule has 0 radical (unpaired) electrons. The van der Waals surface area contributed by atoms with Crippen LogP contribution >= 0.6 is 0 Å². The molecule has 1 nitrogen and oxygen atoms in total. The van der Waals surface area contributed by atoms with Gasteiger partial charge in [-0.1, -0.05) is 12.1 Å². The number of halogens is 1. The topological polar surface area (TPSA) is 20.2 Å². The normalized spacial score (nSPS) is 13.0. The van der Waals surface area contributed by atoms with E-state index in [1.54, 1.807) is 13.0 Å². The van der Waals surface area contributed by atoms with Crippen LogP contribution < -0.4 is 0 Å². The molecule has 1 unspecified atom stereocenters. The van der Waals surface area contributed by atoms with Gasteiger partial charge in [0.2, 0.25) is 0 Å². The van der Waals surface area contributed by atoms with Crippen molar-refractivity contribution < 1.29 is 9.50 Å². The molecular formula is C10H13FO. The van der Waals surface area contributed by atoms with Gasteiger partial charge in [0.15, 0.2) is 0 Å². The highest BCUT2D eigenvalue weighted by atomic mass is 19.1. The molecule has 1 atom stereocenters. The number of aryl methyl sites for hydroxylation is 1. The largest absolute Gasteiger partial charge is 0.393 e. The zero-order chi connectivity index (χ0) is 9.14. The summed E-state index contributed by atoms with van der Waals surface area (Å²) in [6, 6.07) is 5.05. The predicted octanol–water partition coefficient (Wildman–Crippen LogP) is 2.06. The van der Waals surface area contributed by atoms with Crippen molar-refractivity contribution in [2.45, 2.75) is 26.4 Å². The Labute approximate surface area is 71.9 Å². The van der Waals surface area contributed by atoms with Gasteiger partial charge in [0.1, 0.15) is 5.82 Å². The van der Waals surface area contributed by atoms with Gasteiger partial charge in [-0.15, -0.1) is 0 Å². The Morgan fingerprint density at radius 2 is 2.17 bits per heavy atom. The molecule has 1 aromatic carbocycles. The fourth-order valence-electron chi connectivity index (χ4n) is 1.14. The minimum Gasteiger partial charge on any atom is -0.393 e. The molecule has 1 rings (SSSR count). The molecule has 0 saturated carbocycles. The van der Waals surface area contributed by atoms with Gasteiger partial charge >= 0.3 is 0 Å². The van der Waals surface area contributed by atoms with E-state index in [-0.39, 0.29) is 5.82 Å². The van der Waals surface area contributed by atoms with Crippen molar-refractivity contribution >= 4 is 0 Å². The van der Waals surface area contributed by atoms with Crippen LogP contribution in [-0.2, 0) is 6.42 Å². The Morgan fingerprint density at radius 3 is 2.67 bits per heavy atom. The van der Waals surface area contributed by atoms with E-state index in [0.717, 1.165) is 5.56 Å². The second-order valence-corrected chi connectivity index (χ2v) is 3.15. The maximum atomic E-state index is 13.1. The van der Waals surface area contributed by atoms with Crippen LogP contribution in [0, 0.1) is 12.7 Å². The Kier molecular flexibility index (Phi) is 2.82. The van der Waals surface area contributed by atoms with Gasteiger partial charge < -0.3 is 5.11 Å². The van der Waals surface area contributed by atoms with E-state index in [4.69, 9.17) is 5.11 Å². The van der Waals surface area contributed by atoms with E-state index >= 15 is 0 Å². The predicted molar refractivity (Wildman–Crippen MR) is 46.5 cm³/mol. The third-order valence-corrected chi connectivity index (χ3v) is 1.72. The lowest BCUT2D eigenvalue weighted by Crippen LogP contribution is -2.05. The summed E-state index contributed by atoms with van der Waals surface area (Å²) in [4.78, 5) is 0. The minimum atomic E-state index is -0.484. The van der Waals surface area contributed by atoms with Crippen LogP contribution in [0.5, 0.6) is 0 Å². The Balaban J connectivity index is 2.86. The van der Waals surface area contributed by atoms with E-state index in [2.05, 4.69) is 0 Å². The minimum absolute atomic E-state index is 0.226. The van der Waals surface area contributed by atoms with Crippen molar-refractivity contribution in [1.82, 2.24) is 0 Å². The number of benzene rings is 1. The van der Waals surface area contributed by atoms with Crippen LogP contribution in [0.4, 0.5) is 4.39 Å². The van der Waals surface area contributed by atoms with Crippen molar-refractivity contribution in [3.8, 4) is 0 Å². The molecule has 0 heterocycles. The molecule has 0 fully saturated rings. The smallest absolute Gasteiger partial charge is 0.126 e. The van der Waals surface area contributed by atoms with Crippen LogP contribution in [-0.4, -0.2) is 11.2 Å². The highest BCUT2D eigenvalue weighted by Gasteiger charge is 2.04. The van der Waals surface area contributed by atoms with Crippen LogP contribution in [0.25, 0.3) is 0 Å². The highest BCUT2D eigenvalue weighted by molar-refractivity contribution is 5.23. The summed E-state index contributed by atoms with van der Waals surface area (Å²) in [5, 5.41) is 9.03. The first-order valence-electron chi connectivity index (χ1n) is 4.02. The second-order valence-electron chi connectivity index (χ2n) is 3.15. The number of hydrogen-bond acceptors (Lipinski definition) is 1. The molecule has 1 aromatic rings. The average molecular weight is 168 g/mol. The van der Waals surface area contributed by atoms with Gasteiger partial charge in [-0.2, -0.15) is 0 Å². The zero-order valence-electron chi connectivity index (χ0n) is 7.34. The molecule has 0 aromatic heterocycles. The van der Waals surface area contributed by atoms with E-state index in [0.29, 0.717) is 12.0 Å². The molecule has 0 saturated heterocycles. The fourth-order valence-corrected chi connectivity index (χ4v) is 1.14. The van der Waals surface area contributed by atoms with Gasteiger partial charge in [0, 0.05) is 6.42 Å². The SMILES string of the molecule is Cc1ccc(CC(C)O)c(F)c1. The van der Waals surface area contributed by atoms with Crippen LogP contribution in [0.3, 0.4) is 0 Å². The molecule has 0 amide bonds. The summed E-state index contributed by atoms with van der Waals surface area (Å²) >= 11 is 0. The number of aliphatic hydroxyl groups excluding tert-OH is 1. The van der Waals surface area contributed by atoms with Gasteiger partial charge in [-0.3, -0.25) is 0 Å². The quantitative estimate of drug-likeness (QED) is 0.716. The number of hydrogen-bond donors (Lipinski definition) is 1. The third-order valence-electron chi connectivity index (χ3n) is 1.72. The van der Waals surface area contributed by atoms with Gasteiger partial charge in [0.05, 0.1) is 6.10 Å². The van der Waals surface area contributed by atoms with E-state index in [9.17, 15) is 4.39 Å². The molecule has 0 bridgehead atoms. The first-order valence-corrected chi connectivity index (χ1v) is 4.02. The van der Waals surface area contributed by atoms with E-state index in [1.165, 1.54) is 6.07 Å². The van der Waals surface area contributed by atoms with Gasteiger partial charge in [-0.25, -0.2) is 4.39 Å². The molecule has 0 aliphatic carbocycles. The summed E-state index contributed by atoms with van der Waals surface area (Å²) < 4.78 is 13.1. The number of rotatable bonds is 2. The van der Waals surface area contributed by atoms with Gasteiger partial charge in [0.25, 0.3) is 0 Å². The molecule has 66 valence electrons. The van der Waals surface area contributed by atoms with Gasteiger partial charge in [-0.05, 0) is 31.0 Å². The Hall–Kier alpha value is -0.890. The summed E-state index contributed by atoms with van der Waals surface area (Å²) in [6.45, 7) is 3.49. The summed E-state index contributed by atoms with van der Waals surface area (Å²) in [5.74, 6) is -0.226. The van der Waals surface area contributed by atoms with Crippen molar-refractivity contribution in [1.29, 1.82) is 0 Å². The Bertz CT molecular complexity index is 269. The van der Waals surface area contributed by atoms with Crippen LogP contribution in [0.1, 0.15) is 18.1 Å². The molecule has 0 spiro atoms. The lowest BCUT2D eigenvalue weighted by atomic mass is 10.1. The monoisotopic (exact) mass is 168 g/mol. The van der Waals surface area contributed by atoms with Crippen LogP contribution in [0.15, 0.2) is 18.2 Å². The number of aliphatic hydroxyl groups is 1. The third kappa shape index (κ3) is 2.31. The maximum absolute atomic E-state index is 13.1. The standard InChI is InChI=1S/C10H13FO/c1-7-3-4-9(6-8(2)12)10(11)5-7/h3-5,8,12H,6H2,1-2H3. The first kappa shape index (κ1) is 9.20. The summed E-state index contributed by atoms with van der Waals surface area (Å²) in [6.07, 6.45) is -0.103. The highest BCUT2D eigenvalue weighted by Crippen LogP contribution is 2.11. The van der Waals surface area contributed by atoms with Crippen molar-refractivity contribution in [2.24, 2.45) is 0 Å². The second kappa shape index (κ2) is 3.68. The molecule has 0 aliphatic rings. The fraction of sp³-hybridized carbons (Fsp3) is 0.400. The van der Waals surface area contributed by atoms with Crippen molar-refractivity contribution in [2.75, 3.05) is 0 Å². The van der Waals surface area contributed by atoms with E-state index < -0.39 is 6.10 Å². The van der Waals surface area contributed by atoms with Crippen molar-refractivity contribution in [3.63, 3.8) is 0 Å². The first-order chi connectivity index (χ1) is 5.59. The molecule has 1 N–H and O–H groups in total. The lowest BCUT2D eigenvalue weighted by molar-refractivity contribution is 0.194. The maximum Gasteiger partial charge on any atom is 0.126 e. The average Bonchev–Trinajstić information content (AvgIpc) is 1.94. The molecule has 2 heteroatoms. The molecule has 0 aliphatic heterocycles. The lowest BCUT2D eigenvalue weighted by Gasteiger charge is -2.05. The van der Waals surface area contributed by atoms with Crippen molar-refractivity contribution in [3.05, 3.63) is 35.1 Å². The molecule has 12 heavy (non-hydrogen) atoms. The zero-order valence-corrected chi connectivity index (χ0v) is 7.34. The van der Waals surface area contributed by atoms with Crippen LogP contribution in [0.2, 0.25) is 0 Å². The Morgan fingerprint density at radius 1 is 1.50 bits per heavy atom.